The maximum Gasteiger partial charge on any atom is 0.325 e. The summed E-state index contributed by atoms with van der Waals surface area (Å²) in [4.78, 5) is 41.6. The number of carbonyl (C=O) groups is 3. The van der Waals surface area contributed by atoms with Crippen LogP contribution in [0.4, 0.5) is 10.5 Å². The Hall–Kier alpha value is -2.28. The average molecular weight is 380 g/mol. The Morgan fingerprint density at radius 1 is 1.19 bits per heavy atom. The van der Waals surface area contributed by atoms with Gasteiger partial charge in [-0.05, 0) is 31.0 Å². The van der Waals surface area contributed by atoms with E-state index in [2.05, 4.69) is 0 Å². The molecule has 0 aliphatic carbocycles. The number of amides is 3. The van der Waals surface area contributed by atoms with E-state index in [1.54, 1.807) is 32.9 Å². The molecule has 0 atom stereocenters. The fourth-order valence-corrected chi connectivity index (χ4v) is 3.59. The van der Waals surface area contributed by atoms with Crippen LogP contribution < -0.4 is 4.90 Å². The second-order valence-corrected chi connectivity index (χ2v) is 6.95. The van der Waals surface area contributed by atoms with Crippen LogP contribution in [0.3, 0.4) is 0 Å². The van der Waals surface area contributed by atoms with Gasteiger partial charge in [0.25, 0.3) is 0 Å². The number of benzene rings is 1. The van der Waals surface area contributed by atoms with Gasteiger partial charge in [0.2, 0.25) is 5.91 Å². The minimum Gasteiger partial charge on any atom is -0.469 e. The highest BCUT2D eigenvalue weighted by molar-refractivity contribution is 6.30. The van der Waals surface area contributed by atoms with Gasteiger partial charge in [0, 0.05) is 36.9 Å². The zero-order chi connectivity index (χ0) is 18.7. The van der Waals surface area contributed by atoms with Crippen LogP contribution in [0.5, 0.6) is 0 Å². The molecule has 0 bridgehead atoms. The van der Waals surface area contributed by atoms with E-state index < -0.39 is 0 Å². The summed E-state index contributed by atoms with van der Waals surface area (Å²) in [6.07, 6.45) is 1.20. The molecule has 26 heavy (non-hydrogen) atoms. The topological polar surface area (TPSA) is 70.2 Å². The summed E-state index contributed by atoms with van der Waals surface area (Å²) in [5.74, 6) is -0.450. The van der Waals surface area contributed by atoms with Gasteiger partial charge in [-0.2, -0.15) is 0 Å². The van der Waals surface area contributed by atoms with Crippen molar-refractivity contribution in [2.45, 2.75) is 12.8 Å². The van der Waals surface area contributed by atoms with E-state index in [4.69, 9.17) is 16.3 Å². The van der Waals surface area contributed by atoms with Crippen molar-refractivity contribution in [3.63, 3.8) is 0 Å². The highest BCUT2D eigenvalue weighted by atomic mass is 35.5. The molecule has 0 saturated carbocycles. The summed E-state index contributed by atoms with van der Waals surface area (Å²) in [7, 11) is 1.38. The third kappa shape index (κ3) is 3.93. The van der Waals surface area contributed by atoms with E-state index in [1.165, 1.54) is 7.11 Å². The lowest BCUT2D eigenvalue weighted by Gasteiger charge is -2.31. The van der Waals surface area contributed by atoms with Crippen LogP contribution in [0.2, 0.25) is 5.02 Å². The predicted molar refractivity (Wildman–Crippen MR) is 97.1 cm³/mol. The molecule has 2 saturated heterocycles. The molecule has 2 fully saturated rings. The summed E-state index contributed by atoms with van der Waals surface area (Å²) in [5, 5.41) is 0.568. The monoisotopic (exact) mass is 379 g/mol. The number of carbonyl (C=O) groups excluding carboxylic acids is 3. The minimum atomic E-state index is -0.219. The summed E-state index contributed by atoms with van der Waals surface area (Å²) >= 11 is 5.99. The second-order valence-electron chi connectivity index (χ2n) is 6.51. The SMILES string of the molecule is COC(=O)C1CCN(C(=O)CN2CCN(c3cccc(Cl)c3)C2=O)CC1. The molecule has 0 aromatic heterocycles. The van der Waals surface area contributed by atoms with Gasteiger partial charge in [-0.1, -0.05) is 17.7 Å². The Morgan fingerprint density at radius 3 is 2.58 bits per heavy atom. The molecule has 1 aromatic carbocycles. The Balaban J connectivity index is 1.54. The standard InChI is InChI=1S/C18H22ClN3O4/c1-26-17(24)13-5-7-20(8-6-13)16(23)12-21-9-10-22(18(21)25)15-4-2-3-14(19)11-15/h2-4,11,13H,5-10,12H2,1H3. The van der Waals surface area contributed by atoms with Crippen LogP contribution in [0, 0.1) is 5.92 Å². The number of esters is 1. The highest BCUT2D eigenvalue weighted by Gasteiger charge is 2.33. The number of nitrogens with zero attached hydrogens (tertiary/aromatic N) is 3. The summed E-state index contributed by atoms with van der Waals surface area (Å²) in [5.41, 5.74) is 0.733. The summed E-state index contributed by atoms with van der Waals surface area (Å²) in [6.45, 7) is 2.10. The smallest absolute Gasteiger partial charge is 0.325 e. The predicted octanol–water partition coefficient (Wildman–Crippen LogP) is 1.99. The number of ether oxygens (including phenoxy) is 1. The van der Waals surface area contributed by atoms with E-state index in [0.29, 0.717) is 44.0 Å². The van der Waals surface area contributed by atoms with Crippen LogP contribution in [-0.4, -0.2) is 67.5 Å². The molecular formula is C18H22ClN3O4. The summed E-state index contributed by atoms with van der Waals surface area (Å²) < 4.78 is 4.76. The van der Waals surface area contributed by atoms with Crippen LogP contribution in [-0.2, 0) is 14.3 Å². The van der Waals surface area contributed by atoms with Crippen LogP contribution in [0.1, 0.15) is 12.8 Å². The Bertz CT molecular complexity index is 703. The molecule has 7 nitrogen and oxygen atoms in total. The Kier molecular flexibility index (Phi) is 5.66. The quantitative estimate of drug-likeness (QED) is 0.750. The number of likely N-dealkylation sites (tertiary alicyclic amines) is 1. The number of halogens is 1. The van der Waals surface area contributed by atoms with Gasteiger partial charge >= 0.3 is 12.0 Å². The third-order valence-corrected chi connectivity index (χ3v) is 5.16. The molecule has 140 valence electrons. The number of hydrogen-bond acceptors (Lipinski definition) is 4. The van der Waals surface area contributed by atoms with Gasteiger partial charge < -0.3 is 14.5 Å². The van der Waals surface area contributed by atoms with Crippen molar-refractivity contribution in [1.82, 2.24) is 9.80 Å². The van der Waals surface area contributed by atoms with Crippen molar-refractivity contribution in [3.05, 3.63) is 29.3 Å². The lowest BCUT2D eigenvalue weighted by atomic mass is 9.97. The first kappa shape index (κ1) is 18.5. The Morgan fingerprint density at radius 2 is 1.92 bits per heavy atom. The van der Waals surface area contributed by atoms with E-state index in [0.717, 1.165) is 5.69 Å². The van der Waals surface area contributed by atoms with Gasteiger partial charge in [0.1, 0.15) is 6.54 Å². The molecule has 2 aliphatic rings. The number of methoxy groups -OCH3 is 1. The van der Waals surface area contributed by atoms with Gasteiger partial charge in [0.15, 0.2) is 0 Å². The van der Waals surface area contributed by atoms with Gasteiger partial charge in [-0.25, -0.2) is 4.79 Å². The van der Waals surface area contributed by atoms with Gasteiger partial charge in [-0.3, -0.25) is 14.5 Å². The third-order valence-electron chi connectivity index (χ3n) is 4.92. The van der Waals surface area contributed by atoms with Gasteiger partial charge in [0.05, 0.1) is 13.0 Å². The molecule has 3 rings (SSSR count). The lowest BCUT2D eigenvalue weighted by molar-refractivity contribution is -0.148. The maximum atomic E-state index is 12.6. The number of rotatable bonds is 4. The molecular weight excluding hydrogens is 358 g/mol. The first-order valence-electron chi connectivity index (χ1n) is 8.67. The highest BCUT2D eigenvalue weighted by Crippen LogP contribution is 2.24. The van der Waals surface area contributed by atoms with Crippen LogP contribution in [0.15, 0.2) is 24.3 Å². The van der Waals surface area contributed by atoms with E-state index in [1.807, 2.05) is 6.07 Å². The van der Waals surface area contributed by atoms with Crippen molar-refractivity contribution < 1.29 is 19.1 Å². The van der Waals surface area contributed by atoms with Crippen LogP contribution >= 0.6 is 11.6 Å². The molecule has 3 amide bonds. The molecule has 0 unspecified atom stereocenters. The summed E-state index contributed by atoms with van der Waals surface area (Å²) in [6, 6.07) is 6.93. The number of anilines is 1. The van der Waals surface area contributed by atoms with Crippen molar-refractivity contribution >= 4 is 35.2 Å². The first-order valence-corrected chi connectivity index (χ1v) is 9.05. The lowest BCUT2D eigenvalue weighted by Crippen LogP contribution is -2.46. The van der Waals surface area contributed by atoms with Crippen LogP contribution in [0.25, 0.3) is 0 Å². The van der Waals surface area contributed by atoms with E-state index in [9.17, 15) is 14.4 Å². The molecule has 0 spiro atoms. The van der Waals surface area contributed by atoms with Crippen molar-refractivity contribution in [3.8, 4) is 0 Å². The van der Waals surface area contributed by atoms with Crippen molar-refractivity contribution in [2.24, 2.45) is 5.92 Å². The zero-order valence-electron chi connectivity index (χ0n) is 14.7. The molecule has 2 heterocycles. The fourth-order valence-electron chi connectivity index (χ4n) is 3.41. The molecule has 0 N–H and O–H groups in total. The van der Waals surface area contributed by atoms with E-state index >= 15 is 0 Å². The number of urea groups is 1. The zero-order valence-corrected chi connectivity index (χ0v) is 15.4. The molecule has 2 aliphatic heterocycles. The van der Waals surface area contributed by atoms with Crippen molar-refractivity contribution in [2.75, 3.05) is 44.7 Å². The molecule has 8 heteroatoms. The Labute approximate surface area is 157 Å². The van der Waals surface area contributed by atoms with E-state index in [-0.39, 0.29) is 30.4 Å². The largest absolute Gasteiger partial charge is 0.469 e. The number of piperidine rings is 1. The normalized spacial score (nSPS) is 18.4. The van der Waals surface area contributed by atoms with Gasteiger partial charge in [-0.15, -0.1) is 0 Å². The molecule has 0 radical (unpaired) electrons. The second kappa shape index (κ2) is 7.95. The number of hydrogen-bond donors (Lipinski definition) is 0. The maximum absolute atomic E-state index is 12.6. The van der Waals surface area contributed by atoms with Crippen molar-refractivity contribution in [1.29, 1.82) is 0 Å². The first-order chi connectivity index (χ1) is 12.5. The fraction of sp³-hybridized carbons (Fsp3) is 0.500. The molecule has 1 aromatic rings. The minimum absolute atomic E-state index is 0.0544. The average Bonchev–Trinajstić information content (AvgIpc) is 3.01.